The molecule has 0 saturated carbocycles. The number of likely N-dealkylation sites (N-methyl/N-ethyl adjacent to an activating group) is 1. The van der Waals surface area contributed by atoms with E-state index in [0.29, 0.717) is 12.1 Å². The summed E-state index contributed by atoms with van der Waals surface area (Å²) in [7, 11) is 1.75. The van der Waals surface area contributed by atoms with Gasteiger partial charge in [0.1, 0.15) is 5.82 Å². The van der Waals surface area contributed by atoms with Gasteiger partial charge in [-0.2, -0.15) is 13.2 Å². The molecule has 0 saturated heterocycles. The minimum atomic E-state index is -4.48. The Hall–Kier alpha value is -2.41. The highest BCUT2D eigenvalue weighted by Gasteiger charge is 2.33. The first-order chi connectivity index (χ1) is 14.2. The van der Waals surface area contributed by atoms with Crippen LogP contribution < -0.4 is 0 Å². The number of hydrogen-bond acceptors (Lipinski definition) is 2. The van der Waals surface area contributed by atoms with Crippen molar-refractivity contribution in [2.45, 2.75) is 18.8 Å². The zero-order chi connectivity index (χ0) is 21.9. The van der Waals surface area contributed by atoms with E-state index in [2.05, 4.69) is 0 Å². The number of rotatable bonds is 6. The van der Waals surface area contributed by atoms with Crippen molar-refractivity contribution in [3.8, 4) is 11.1 Å². The molecule has 0 aromatic heterocycles. The van der Waals surface area contributed by atoms with Crippen molar-refractivity contribution in [1.82, 2.24) is 4.90 Å². The molecule has 158 valence electrons. The minimum absolute atomic E-state index is 0.0184. The molecule has 0 aliphatic carbocycles. The summed E-state index contributed by atoms with van der Waals surface area (Å²) in [5.74, 6) is -0.478. The number of benzene rings is 3. The molecule has 1 atom stereocenters. The number of nitrogens with zero attached hydrogens (tertiary/aromatic N) is 1. The van der Waals surface area contributed by atoms with Crippen molar-refractivity contribution in [1.29, 1.82) is 0 Å². The molecule has 1 N–H and O–H groups in total. The number of alkyl halides is 3. The van der Waals surface area contributed by atoms with E-state index in [-0.39, 0.29) is 22.7 Å². The normalized spacial score (nSPS) is 12.9. The van der Waals surface area contributed by atoms with Gasteiger partial charge in [-0.05, 0) is 36.4 Å². The Morgan fingerprint density at radius 2 is 1.63 bits per heavy atom. The molecule has 0 fully saturated rings. The van der Waals surface area contributed by atoms with E-state index in [1.165, 1.54) is 30.3 Å². The zero-order valence-corrected chi connectivity index (χ0v) is 16.9. The topological polar surface area (TPSA) is 23.5 Å². The molecule has 7 heteroatoms. The molecule has 3 rings (SSSR count). The maximum atomic E-state index is 13.8. The molecule has 3 aromatic rings. The van der Waals surface area contributed by atoms with Crippen molar-refractivity contribution in [3.05, 3.63) is 94.3 Å². The average molecular weight is 438 g/mol. The van der Waals surface area contributed by atoms with Crippen molar-refractivity contribution < 1.29 is 22.7 Å². The smallest absolute Gasteiger partial charge is 0.387 e. The summed E-state index contributed by atoms with van der Waals surface area (Å²) >= 11 is 6.31. The first-order valence-corrected chi connectivity index (χ1v) is 9.60. The Kier molecular flexibility index (Phi) is 6.81. The highest BCUT2D eigenvalue weighted by Crippen LogP contribution is 2.39. The van der Waals surface area contributed by atoms with E-state index in [1.807, 2.05) is 0 Å². The van der Waals surface area contributed by atoms with Crippen LogP contribution in [0, 0.1) is 5.82 Å². The van der Waals surface area contributed by atoms with Gasteiger partial charge in [0.25, 0.3) is 0 Å². The minimum Gasteiger partial charge on any atom is -0.387 e. The molecular formula is C23H20ClF4NO. The van der Waals surface area contributed by atoms with Gasteiger partial charge in [-0.1, -0.05) is 60.1 Å². The monoisotopic (exact) mass is 437 g/mol. The highest BCUT2D eigenvalue weighted by molar-refractivity contribution is 6.33. The summed E-state index contributed by atoms with van der Waals surface area (Å²) in [6.45, 7) is 0.559. The number of halogens is 5. The maximum Gasteiger partial charge on any atom is 0.417 e. The molecule has 2 nitrogen and oxygen atoms in total. The van der Waals surface area contributed by atoms with Crippen LogP contribution in [0.15, 0.2) is 66.7 Å². The Bertz CT molecular complexity index is 1020. The standard InChI is InChI=1S/C23H20ClF4NO/c1-29(14-22(30)18-7-3-5-9-21(18)25)13-15-10-11-17(20(24)12-15)16-6-2-4-8-19(16)23(26,27)28/h2-12,22,30H,13-14H2,1H3. The molecule has 0 spiro atoms. The van der Waals surface area contributed by atoms with Crippen molar-refractivity contribution in [2.24, 2.45) is 0 Å². The first-order valence-electron chi connectivity index (χ1n) is 9.23. The van der Waals surface area contributed by atoms with E-state index in [4.69, 9.17) is 11.6 Å². The van der Waals surface area contributed by atoms with E-state index in [1.54, 1.807) is 42.3 Å². The second-order valence-corrected chi connectivity index (χ2v) is 7.50. The fourth-order valence-electron chi connectivity index (χ4n) is 3.36. The SMILES string of the molecule is CN(Cc1ccc(-c2ccccc2C(F)(F)F)c(Cl)c1)CC(O)c1ccccc1F. The Balaban J connectivity index is 1.76. The number of aliphatic hydroxyl groups excluding tert-OH is 1. The maximum absolute atomic E-state index is 13.8. The van der Waals surface area contributed by atoms with Gasteiger partial charge in [-0.15, -0.1) is 0 Å². The average Bonchev–Trinajstić information content (AvgIpc) is 2.67. The largest absolute Gasteiger partial charge is 0.417 e. The Morgan fingerprint density at radius 1 is 0.967 bits per heavy atom. The second kappa shape index (κ2) is 9.16. The summed E-state index contributed by atoms with van der Waals surface area (Å²) in [5.41, 5.74) is 0.537. The van der Waals surface area contributed by atoms with Crippen molar-refractivity contribution in [2.75, 3.05) is 13.6 Å². The van der Waals surface area contributed by atoms with Gasteiger partial charge < -0.3 is 5.11 Å². The predicted octanol–water partition coefficient (Wildman–Crippen LogP) is 6.33. The first kappa shape index (κ1) is 22.3. The lowest BCUT2D eigenvalue weighted by Gasteiger charge is -2.21. The van der Waals surface area contributed by atoms with E-state index in [9.17, 15) is 22.7 Å². The van der Waals surface area contributed by atoms with Crippen LogP contribution in [-0.2, 0) is 12.7 Å². The molecule has 1 unspecified atom stereocenters. The fourth-order valence-corrected chi connectivity index (χ4v) is 3.66. The van der Waals surface area contributed by atoms with Crippen LogP contribution in [0.2, 0.25) is 5.02 Å². The van der Waals surface area contributed by atoms with Crippen LogP contribution in [0.3, 0.4) is 0 Å². The van der Waals surface area contributed by atoms with Gasteiger partial charge >= 0.3 is 6.18 Å². The third kappa shape index (κ3) is 5.19. The van der Waals surface area contributed by atoms with E-state index in [0.717, 1.165) is 11.6 Å². The predicted molar refractivity (Wildman–Crippen MR) is 110 cm³/mol. The van der Waals surface area contributed by atoms with Crippen molar-refractivity contribution >= 4 is 11.6 Å². The lowest BCUT2D eigenvalue weighted by atomic mass is 9.98. The van der Waals surface area contributed by atoms with Crippen LogP contribution in [0.25, 0.3) is 11.1 Å². The lowest BCUT2D eigenvalue weighted by Crippen LogP contribution is -2.24. The van der Waals surface area contributed by atoms with Gasteiger partial charge in [-0.25, -0.2) is 4.39 Å². The molecule has 0 amide bonds. The molecule has 0 heterocycles. The van der Waals surface area contributed by atoms with Gasteiger partial charge in [0, 0.05) is 29.2 Å². The van der Waals surface area contributed by atoms with Gasteiger partial charge in [0.2, 0.25) is 0 Å². The van der Waals surface area contributed by atoms with Gasteiger partial charge in [0.05, 0.1) is 11.7 Å². The summed E-state index contributed by atoms with van der Waals surface area (Å²) < 4.78 is 53.7. The summed E-state index contributed by atoms with van der Waals surface area (Å²) in [6, 6.07) is 16.2. The molecule has 0 bridgehead atoms. The third-order valence-corrected chi connectivity index (χ3v) is 5.07. The number of hydrogen-bond donors (Lipinski definition) is 1. The quantitative estimate of drug-likeness (QED) is 0.455. The molecule has 0 aliphatic heterocycles. The molecule has 0 aliphatic rings. The lowest BCUT2D eigenvalue weighted by molar-refractivity contribution is -0.137. The van der Waals surface area contributed by atoms with Crippen LogP contribution in [-0.4, -0.2) is 23.6 Å². The van der Waals surface area contributed by atoms with Crippen LogP contribution in [0.4, 0.5) is 17.6 Å². The summed E-state index contributed by atoms with van der Waals surface area (Å²) in [5, 5.41) is 10.5. The van der Waals surface area contributed by atoms with E-state index >= 15 is 0 Å². The second-order valence-electron chi connectivity index (χ2n) is 7.09. The zero-order valence-electron chi connectivity index (χ0n) is 16.1. The third-order valence-electron chi connectivity index (χ3n) is 4.76. The summed E-state index contributed by atoms with van der Waals surface area (Å²) in [4.78, 5) is 1.78. The molecule has 3 aromatic carbocycles. The van der Waals surface area contributed by atoms with Gasteiger partial charge in [0.15, 0.2) is 0 Å². The number of aliphatic hydroxyl groups is 1. The molecular weight excluding hydrogens is 418 g/mol. The Labute approximate surface area is 177 Å². The highest BCUT2D eigenvalue weighted by atomic mass is 35.5. The Morgan fingerprint density at radius 3 is 2.30 bits per heavy atom. The van der Waals surface area contributed by atoms with Crippen LogP contribution in [0.1, 0.15) is 22.8 Å². The molecule has 30 heavy (non-hydrogen) atoms. The fraction of sp³-hybridized carbons (Fsp3) is 0.217. The molecule has 0 radical (unpaired) electrons. The summed E-state index contributed by atoms with van der Waals surface area (Å²) in [6.07, 6.45) is -5.49. The van der Waals surface area contributed by atoms with E-state index < -0.39 is 23.7 Å². The van der Waals surface area contributed by atoms with Crippen LogP contribution >= 0.6 is 11.6 Å². The van der Waals surface area contributed by atoms with Crippen LogP contribution in [0.5, 0.6) is 0 Å². The van der Waals surface area contributed by atoms with Gasteiger partial charge in [-0.3, -0.25) is 4.90 Å². The van der Waals surface area contributed by atoms with Crippen molar-refractivity contribution in [3.63, 3.8) is 0 Å².